The Hall–Kier alpha value is -1.88. The minimum Gasteiger partial charge on any atom is -0.481 e. The maximum absolute atomic E-state index is 13.4. The summed E-state index contributed by atoms with van der Waals surface area (Å²) < 4.78 is 5.18. The van der Waals surface area contributed by atoms with Gasteiger partial charge in [0.15, 0.2) is 0 Å². The van der Waals surface area contributed by atoms with Crippen LogP contribution in [0, 0.1) is 5.41 Å². The predicted molar refractivity (Wildman–Crippen MR) is 94.5 cm³/mol. The highest BCUT2D eigenvalue weighted by molar-refractivity contribution is 5.89. The lowest BCUT2D eigenvalue weighted by atomic mass is 9.69. The van der Waals surface area contributed by atoms with Crippen LogP contribution < -0.4 is 0 Å². The van der Waals surface area contributed by atoms with E-state index in [1.807, 2.05) is 19.1 Å². The summed E-state index contributed by atoms with van der Waals surface area (Å²) in [7, 11) is 1.52. The van der Waals surface area contributed by atoms with Crippen LogP contribution in [-0.2, 0) is 26.2 Å². The number of nitrogens with zero attached hydrogens (tertiary/aromatic N) is 1. The number of aryl methyl sites for hydroxylation is 1. The van der Waals surface area contributed by atoms with Gasteiger partial charge in [0.25, 0.3) is 0 Å². The molecule has 1 aromatic rings. The van der Waals surface area contributed by atoms with Gasteiger partial charge in [0.05, 0.1) is 12.0 Å². The van der Waals surface area contributed by atoms with Gasteiger partial charge >= 0.3 is 5.97 Å². The van der Waals surface area contributed by atoms with Gasteiger partial charge in [0, 0.05) is 20.2 Å². The first kappa shape index (κ1) is 17.9. The SMILES string of the molecule is COCC1(C(=O)O)CCCN(C(=O)C2(C)CCCc3ccccc32)C1. The maximum atomic E-state index is 13.4. The molecule has 1 saturated heterocycles. The molecular formula is C20H27NO4. The van der Waals surface area contributed by atoms with E-state index >= 15 is 0 Å². The number of rotatable bonds is 4. The van der Waals surface area contributed by atoms with Crippen LogP contribution in [0.4, 0.5) is 0 Å². The van der Waals surface area contributed by atoms with E-state index in [4.69, 9.17) is 4.74 Å². The molecule has 0 spiro atoms. The highest BCUT2D eigenvalue weighted by atomic mass is 16.5. The number of hydrogen-bond acceptors (Lipinski definition) is 3. The molecule has 1 fully saturated rings. The van der Waals surface area contributed by atoms with E-state index in [1.165, 1.54) is 12.7 Å². The minimum atomic E-state index is -0.993. The van der Waals surface area contributed by atoms with Crippen LogP contribution in [0.1, 0.15) is 43.7 Å². The van der Waals surface area contributed by atoms with Gasteiger partial charge in [-0.15, -0.1) is 0 Å². The standard InChI is InChI=1S/C20H27NO4/c1-19(10-5-8-15-7-3-4-9-16(15)19)17(22)21-12-6-11-20(13-21,14-25-2)18(23)24/h3-4,7,9H,5-6,8,10-14H2,1-2H3,(H,23,24). The summed E-state index contributed by atoms with van der Waals surface area (Å²) in [5.41, 5.74) is 0.781. The predicted octanol–water partition coefficient (Wildman–Crippen LogP) is 2.62. The molecule has 2 unspecified atom stereocenters. The van der Waals surface area contributed by atoms with E-state index < -0.39 is 16.8 Å². The molecule has 136 valence electrons. The molecule has 3 rings (SSSR count). The lowest BCUT2D eigenvalue weighted by Crippen LogP contribution is -2.56. The molecule has 2 aliphatic rings. The normalized spacial score (nSPS) is 29.1. The Bertz CT molecular complexity index is 669. The van der Waals surface area contributed by atoms with Crippen LogP contribution in [0.3, 0.4) is 0 Å². The topological polar surface area (TPSA) is 66.8 Å². The Morgan fingerprint density at radius 2 is 2.00 bits per heavy atom. The fourth-order valence-corrected chi connectivity index (χ4v) is 4.55. The zero-order valence-electron chi connectivity index (χ0n) is 15.1. The number of carbonyl (C=O) groups is 2. The lowest BCUT2D eigenvalue weighted by Gasteiger charge is -2.44. The van der Waals surface area contributed by atoms with Crippen molar-refractivity contribution >= 4 is 11.9 Å². The monoisotopic (exact) mass is 345 g/mol. The van der Waals surface area contributed by atoms with Crippen molar-refractivity contribution in [2.75, 3.05) is 26.8 Å². The summed E-state index contributed by atoms with van der Waals surface area (Å²) in [5.74, 6) is -0.817. The average molecular weight is 345 g/mol. The molecule has 5 nitrogen and oxygen atoms in total. The molecular weight excluding hydrogens is 318 g/mol. The summed E-state index contributed by atoms with van der Waals surface area (Å²) in [6, 6.07) is 8.15. The summed E-state index contributed by atoms with van der Waals surface area (Å²) in [4.78, 5) is 27.1. The van der Waals surface area contributed by atoms with Gasteiger partial charge in [-0.2, -0.15) is 0 Å². The molecule has 1 heterocycles. The van der Waals surface area contributed by atoms with Crippen LogP contribution >= 0.6 is 0 Å². The lowest BCUT2D eigenvalue weighted by molar-refractivity contribution is -0.160. The Balaban J connectivity index is 1.89. The first-order valence-corrected chi connectivity index (χ1v) is 9.03. The second kappa shape index (κ2) is 6.79. The van der Waals surface area contributed by atoms with Crippen LogP contribution in [0.15, 0.2) is 24.3 Å². The third kappa shape index (κ3) is 3.06. The summed E-state index contributed by atoms with van der Waals surface area (Å²) in [6.07, 6.45) is 4.03. The minimum absolute atomic E-state index is 0.0566. The number of amides is 1. The van der Waals surface area contributed by atoms with Gasteiger partial charge in [0.1, 0.15) is 5.41 Å². The van der Waals surface area contributed by atoms with Crippen molar-refractivity contribution < 1.29 is 19.4 Å². The van der Waals surface area contributed by atoms with Crippen LogP contribution in [0.25, 0.3) is 0 Å². The molecule has 1 N–H and O–H groups in total. The number of piperidine rings is 1. The number of hydrogen-bond donors (Lipinski definition) is 1. The molecule has 1 aliphatic heterocycles. The number of aliphatic carboxylic acids is 1. The molecule has 1 aromatic carbocycles. The van der Waals surface area contributed by atoms with Crippen molar-refractivity contribution in [2.24, 2.45) is 5.41 Å². The molecule has 0 bridgehead atoms. The van der Waals surface area contributed by atoms with E-state index in [0.29, 0.717) is 19.4 Å². The van der Waals surface area contributed by atoms with Crippen molar-refractivity contribution in [3.8, 4) is 0 Å². The Morgan fingerprint density at radius 3 is 2.72 bits per heavy atom. The summed E-state index contributed by atoms with van der Waals surface area (Å²) in [6.45, 7) is 3.00. The van der Waals surface area contributed by atoms with Crippen molar-refractivity contribution in [3.63, 3.8) is 0 Å². The quantitative estimate of drug-likeness (QED) is 0.911. The molecule has 0 aromatic heterocycles. The molecule has 0 saturated carbocycles. The van der Waals surface area contributed by atoms with E-state index in [-0.39, 0.29) is 19.1 Å². The fraction of sp³-hybridized carbons (Fsp3) is 0.600. The zero-order valence-corrected chi connectivity index (χ0v) is 15.1. The highest BCUT2D eigenvalue weighted by Gasteiger charge is 2.48. The molecule has 25 heavy (non-hydrogen) atoms. The molecule has 1 amide bonds. The number of fused-ring (bicyclic) bond motifs is 1. The van der Waals surface area contributed by atoms with Crippen LogP contribution in [0.5, 0.6) is 0 Å². The number of carboxylic acid groups (broad SMARTS) is 1. The van der Waals surface area contributed by atoms with Crippen molar-refractivity contribution in [3.05, 3.63) is 35.4 Å². The molecule has 5 heteroatoms. The smallest absolute Gasteiger partial charge is 0.313 e. The second-order valence-corrected chi connectivity index (χ2v) is 7.69. The average Bonchev–Trinajstić information content (AvgIpc) is 2.62. The number of likely N-dealkylation sites (tertiary alicyclic amines) is 1. The van der Waals surface area contributed by atoms with E-state index in [9.17, 15) is 14.7 Å². The number of carboxylic acids is 1. The van der Waals surface area contributed by atoms with Crippen molar-refractivity contribution in [2.45, 2.75) is 44.4 Å². The Morgan fingerprint density at radius 1 is 1.24 bits per heavy atom. The van der Waals surface area contributed by atoms with Gasteiger partial charge in [-0.05, 0) is 50.2 Å². The summed E-state index contributed by atoms with van der Waals surface area (Å²) in [5, 5.41) is 9.73. The van der Waals surface area contributed by atoms with Crippen LogP contribution in [-0.4, -0.2) is 48.7 Å². The third-order valence-electron chi connectivity index (χ3n) is 5.95. The Labute approximate surface area is 149 Å². The Kier molecular flexibility index (Phi) is 4.87. The fourth-order valence-electron chi connectivity index (χ4n) is 4.55. The van der Waals surface area contributed by atoms with E-state index in [2.05, 4.69) is 12.1 Å². The largest absolute Gasteiger partial charge is 0.481 e. The van der Waals surface area contributed by atoms with Gasteiger partial charge in [-0.1, -0.05) is 24.3 Å². The maximum Gasteiger partial charge on any atom is 0.313 e. The number of carbonyl (C=O) groups excluding carboxylic acids is 1. The van der Waals surface area contributed by atoms with Crippen molar-refractivity contribution in [1.29, 1.82) is 0 Å². The number of methoxy groups -OCH3 is 1. The highest BCUT2D eigenvalue weighted by Crippen LogP contribution is 2.40. The molecule has 2 atom stereocenters. The van der Waals surface area contributed by atoms with E-state index in [0.717, 1.165) is 24.8 Å². The summed E-state index contributed by atoms with van der Waals surface area (Å²) >= 11 is 0. The number of benzene rings is 1. The molecule has 1 aliphatic carbocycles. The number of ether oxygens (including phenoxy) is 1. The molecule has 0 radical (unpaired) electrons. The third-order valence-corrected chi connectivity index (χ3v) is 5.95. The van der Waals surface area contributed by atoms with Crippen molar-refractivity contribution in [1.82, 2.24) is 4.90 Å². The zero-order chi connectivity index (χ0) is 18.1. The van der Waals surface area contributed by atoms with Gasteiger partial charge in [-0.25, -0.2) is 0 Å². The first-order chi connectivity index (χ1) is 11.9. The van der Waals surface area contributed by atoms with Gasteiger partial charge < -0.3 is 14.7 Å². The second-order valence-electron chi connectivity index (χ2n) is 7.69. The van der Waals surface area contributed by atoms with Gasteiger partial charge in [-0.3, -0.25) is 9.59 Å². The van der Waals surface area contributed by atoms with Crippen LogP contribution in [0.2, 0.25) is 0 Å². The van der Waals surface area contributed by atoms with E-state index in [1.54, 1.807) is 4.90 Å². The first-order valence-electron chi connectivity index (χ1n) is 9.03. The van der Waals surface area contributed by atoms with Gasteiger partial charge in [0.2, 0.25) is 5.91 Å².